The van der Waals surface area contributed by atoms with Gasteiger partial charge in [-0.1, -0.05) is 33.1 Å². The van der Waals surface area contributed by atoms with E-state index in [1.54, 1.807) is 6.07 Å². The zero-order valence-corrected chi connectivity index (χ0v) is 11.6. The average Bonchev–Trinajstić information content (AvgIpc) is 2.37. The van der Waals surface area contributed by atoms with E-state index in [4.69, 9.17) is 11.5 Å². The van der Waals surface area contributed by atoms with E-state index < -0.39 is 5.97 Å². The summed E-state index contributed by atoms with van der Waals surface area (Å²) in [7, 11) is 0. The number of carboxylic acid groups (broad SMARTS) is 1. The highest BCUT2D eigenvalue weighted by Gasteiger charge is 2.12. The molecule has 0 aliphatic heterocycles. The van der Waals surface area contributed by atoms with Crippen molar-refractivity contribution in [1.29, 1.82) is 0 Å². The molecule has 0 radical (unpaired) electrons. The van der Waals surface area contributed by atoms with Crippen molar-refractivity contribution in [2.24, 2.45) is 0 Å². The number of hydrogen-bond acceptors (Lipinski definition) is 3. The van der Waals surface area contributed by atoms with Crippen LogP contribution in [0, 0.1) is 12.3 Å². The quantitative estimate of drug-likeness (QED) is 0.771. The number of nitrogens with zero attached hydrogens (tertiary/aromatic N) is 1. The first-order valence-electron chi connectivity index (χ1n) is 6.45. The first-order chi connectivity index (χ1) is 8.97. The largest absolute Gasteiger partial charge is 0.478 e. The van der Waals surface area contributed by atoms with Crippen molar-refractivity contribution in [3.05, 3.63) is 23.4 Å². The summed E-state index contributed by atoms with van der Waals surface area (Å²) < 4.78 is 0. The smallest absolute Gasteiger partial charge is 0.335 e. The third-order valence-electron chi connectivity index (χ3n) is 2.78. The molecular weight excluding hydrogens is 240 g/mol. The minimum absolute atomic E-state index is 0.124. The highest BCUT2D eigenvalue weighted by atomic mass is 16.4. The van der Waals surface area contributed by atoms with E-state index in [9.17, 15) is 4.79 Å². The summed E-state index contributed by atoms with van der Waals surface area (Å²) in [6.45, 7) is 6.00. The Hall–Kier alpha value is -2.02. The summed E-state index contributed by atoms with van der Waals surface area (Å²) in [6.07, 6.45) is 7.23. The average molecular weight is 260 g/mol. The van der Waals surface area contributed by atoms with Gasteiger partial charge in [0.05, 0.1) is 11.6 Å². The van der Waals surface area contributed by atoms with Crippen molar-refractivity contribution in [2.45, 2.75) is 45.6 Å². The molecule has 2 N–H and O–H groups in total. The van der Waals surface area contributed by atoms with Gasteiger partial charge in [0.2, 0.25) is 0 Å². The zero-order chi connectivity index (χ0) is 14.4. The molecule has 1 atom stereocenters. The second-order valence-electron chi connectivity index (χ2n) is 4.78. The van der Waals surface area contributed by atoms with Gasteiger partial charge in [0.25, 0.3) is 0 Å². The van der Waals surface area contributed by atoms with Gasteiger partial charge in [-0.15, -0.1) is 6.42 Å². The molecule has 0 fully saturated rings. The molecule has 102 valence electrons. The van der Waals surface area contributed by atoms with Gasteiger partial charge in [0, 0.05) is 5.69 Å². The molecular formula is C15H20N2O2. The third-order valence-corrected chi connectivity index (χ3v) is 2.78. The molecule has 1 rings (SSSR count). The van der Waals surface area contributed by atoms with Crippen LogP contribution in [0.25, 0.3) is 0 Å². The fourth-order valence-electron chi connectivity index (χ4n) is 1.71. The van der Waals surface area contributed by atoms with Crippen molar-refractivity contribution in [3.63, 3.8) is 0 Å². The van der Waals surface area contributed by atoms with Gasteiger partial charge >= 0.3 is 5.97 Å². The Morgan fingerprint density at radius 2 is 2.21 bits per heavy atom. The van der Waals surface area contributed by atoms with Gasteiger partial charge in [-0.3, -0.25) is 0 Å². The summed E-state index contributed by atoms with van der Waals surface area (Å²) in [4.78, 5) is 15.5. The van der Waals surface area contributed by atoms with Gasteiger partial charge in [-0.25, -0.2) is 9.78 Å². The lowest BCUT2D eigenvalue weighted by Crippen LogP contribution is -2.18. The molecule has 0 aliphatic carbocycles. The Morgan fingerprint density at radius 1 is 1.53 bits per heavy atom. The summed E-state index contributed by atoms with van der Waals surface area (Å²) in [5.74, 6) is 2.38. The molecule has 0 saturated heterocycles. The predicted octanol–water partition coefficient (Wildman–Crippen LogP) is 3.12. The van der Waals surface area contributed by atoms with E-state index >= 15 is 0 Å². The third kappa shape index (κ3) is 4.29. The number of nitrogens with one attached hydrogen (secondary N) is 1. The van der Waals surface area contributed by atoms with E-state index in [-0.39, 0.29) is 17.5 Å². The molecule has 0 aromatic carbocycles. The van der Waals surface area contributed by atoms with E-state index in [0.717, 1.165) is 18.5 Å². The van der Waals surface area contributed by atoms with Gasteiger partial charge < -0.3 is 10.4 Å². The van der Waals surface area contributed by atoms with Crippen LogP contribution in [0.15, 0.2) is 12.1 Å². The molecule has 1 unspecified atom stereocenters. The van der Waals surface area contributed by atoms with Crippen molar-refractivity contribution < 1.29 is 9.90 Å². The van der Waals surface area contributed by atoms with Crippen LogP contribution in [0.2, 0.25) is 0 Å². The van der Waals surface area contributed by atoms with Crippen LogP contribution in [0.3, 0.4) is 0 Å². The summed E-state index contributed by atoms with van der Waals surface area (Å²) in [6, 6.07) is 3.00. The second kappa shape index (κ2) is 6.79. The minimum atomic E-state index is -0.958. The highest BCUT2D eigenvalue weighted by Crippen LogP contribution is 2.18. The van der Waals surface area contributed by atoms with Crippen LogP contribution < -0.4 is 5.32 Å². The molecule has 1 heterocycles. The molecule has 0 aliphatic rings. The Morgan fingerprint density at radius 3 is 2.68 bits per heavy atom. The van der Waals surface area contributed by atoms with Crippen molar-refractivity contribution in [2.75, 3.05) is 5.32 Å². The Labute approximate surface area is 114 Å². The number of terminal acetylenes is 1. The standard InChI is InChI=1S/C15H20N2O2/c1-5-7-12(6-2)16-14-9-11(15(18)19)8-13(17-14)10(3)4/h2,8-10,12H,5,7H2,1,3-4H3,(H,16,17)(H,18,19). The number of aromatic nitrogens is 1. The molecule has 4 nitrogen and oxygen atoms in total. The number of pyridine rings is 1. The summed E-state index contributed by atoms with van der Waals surface area (Å²) in [5.41, 5.74) is 0.975. The first kappa shape index (κ1) is 15.0. The van der Waals surface area contributed by atoms with Crippen LogP contribution in [0.5, 0.6) is 0 Å². The fraction of sp³-hybridized carbons (Fsp3) is 0.467. The first-order valence-corrected chi connectivity index (χ1v) is 6.45. The number of aromatic carboxylic acids is 1. The number of rotatable bonds is 6. The topological polar surface area (TPSA) is 62.2 Å². The number of hydrogen-bond donors (Lipinski definition) is 2. The van der Waals surface area contributed by atoms with Crippen LogP contribution in [0.4, 0.5) is 5.82 Å². The van der Waals surface area contributed by atoms with Crippen LogP contribution >= 0.6 is 0 Å². The Bertz CT molecular complexity index is 489. The van der Waals surface area contributed by atoms with Crippen molar-refractivity contribution in [3.8, 4) is 12.3 Å². The maximum absolute atomic E-state index is 11.1. The van der Waals surface area contributed by atoms with Crippen molar-refractivity contribution >= 4 is 11.8 Å². The van der Waals surface area contributed by atoms with E-state index in [1.807, 2.05) is 20.8 Å². The molecule has 0 amide bonds. The monoisotopic (exact) mass is 260 g/mol. The van der Waals surface area contributed by atoms with Gasteiger partial charge in [-0.2, -0.15) is 0 Å². The van der Waals surface area contributed by atoms with Crippen LogP contribution in [-0.2, 0) is 0 Å². The maximum Gasteiger partial charge on any atom is 0.335 e. The lowest BCUT2D eigenvalue weighted by molar-refractivity contribution is 0.0696. The maximum atomic E-state index is 11.1. The zero-order valence-electron chi connectivity index (χ0n) is 11.6. The minimum Gasteiger partial charge on any atom is -0.478 e. The molecule has 1 aromatic heterocycles. The lowest BCUT2D eigenvalue weighted by atomic mass is 10.1. The Kier molecular flexibility index (Phi) is 5.37. The number of carbonyl (C=O) groups is 1. The van der Waals surface area contributed by atoms with E-state index in [1.165, 1.54) is 6.07 Å². The Balaban J connectivity index is 3.06. The number of anilines is 1. The van der Waals surface area contributed by atoms with Crippen LogP contribution in [0.1, 0.15) is 55.6 Å². The number of carboxylic acids is 1. The molecule has 19 heavy (non-hydrogen) atoms. The molecule has 4 heteroatoms. The highest BCUT2D eigenvalue weighted by molar-refractivity contribution is 5.88. The van der Waals surface area contributed by atoms with Gasteiger partial charge in [-0.05, 0) is 24.5 Å². The predicted molar refractivity (Wildman–Crippen MR) is 76.4 cm³/mol. The van der Waals surface area contributed by atoms with Gasteiger partial charge in [0.15, 0.2) is 0 Å². The normalized spacial score (nSPS) is 11.9. The molecule has 1 aromatic rings. The molecule has 0 spiro atoms. The molecule has 0 bridgehead atoms. The van der Waals surface area contributed by atoms with Crippen LogP contribution in [-0.4, -0.2) is 22.1 Å². The fourth-order valence-corrected chi connectivity index (χ4v) is 1.71. The van der Waals surface area contributed by atoms with E-state index in [2.05, 4.69) is 16.2 Å². The summed E-state index contributed by atoms with van der Waals surface area (Å²) >= 11 is 0. The van der Waals surface area contributed by atoms with Crippen molar-refractivity contribution in [1.82, 2.24) is 4.98 Å². The lowest BCUT2D eigenvalue weighted by Gasteiger charge is -2.15. The summed E-state index contributed by atoms with van der Waals surface area (Å²) in [5, 5.41) is 12.2. The molecule has 0 saturated carbocycles. The van der Waals surface area contributed by atoms with E-state index in [0.29, 0.717) is 5.82 Å². The second-order valence-corrected chi connectivity index (χ2v) is 4.78. The SMILES string of the molecule is C#CC(CCC)Nc1cc(C(=O)O)cc(C(C)C)n1. The van der Waals surface area contributed by atoms with Gasteiger partial charge in [0.1, 0.15) is 5.82 Å².